The van der Waals surface area contributed by atoms with Gasteiger partial charge in [-0.1, -0.05) is 36.4 Å². The maximum atomic E-state index is 13.0. The minimum Gasteiger partial charge on any atom is -0.309 e. The summed E-state index contributed by atoms with van der Waals surface area (Å²) >= 11 is 0. The molecule has 4 aromatic rings. The lowest BCUT2D eigenvalue weighted by Gasteiger charge is -2.05. The van der Waals surface area contributed by atoms with Gasteiger partial charge >= 0.3 is 0 Å². The van der Waals surface area contributed by atoms with Crippen molar-refractivity contribution in [1.82, 2.24) is 19.7 Å². The molecule has 2 aromatic carbocycles. The van der Waals surface area contributed by atoms with Crippen LogP contribution >= 0.6 is 0 Å². The molecule has 0 fully saturated rings. The highest BCUT2D eigenvalue weighted by atomic mass is 19.1. The largest absolute Gasteiger partial charge is 0.309 e. The van der Waals surface area contributed by atoms with Gasteiger partial charge in [0.15, 0.2) is 5.82 Å². The fourth-order valence-corrected chi connectivity index (χ4v) is 2.93. The average molecular weight is 387 g/mol. The minimum atomic E-state index is -0.271. The standard InChI is InChI=1S/C22H18FN5O/c23-20-7-3-17(4-8-20)14-28-10-9-21(27-28)26-22(29)11-16-1-5-18(6-2-16)19-12-24-15-25-13-19/h1-10,12-13,15H,11,14H2,(H,26,27,29). The fraction of sp³-hybridized carbons (Fsp3) is 0.0909. The molecule has 0 aliphatic rings. The third kappa shape index (κ3) is 4.90. The monoisotopic (exact) mass is 387 g/mol. The Balaban J connectivity index is 1.34. The molecule has 2 heterocycles. The van der Waals surface area contributed by atoms with Gasteiger partial charge in [0.1, 0.15) is 12.1 Å². The lowest BCUT2D eigenvalue weighted by molar-refractivity contribution is -0.115. The lowest BCUT2D eigenvalue weighted by atomic mass is 10.1. The topological polar surface area (TPSA) is 72.7 Å². The van der Waals surface area contributed by atoms with Crippen LogP contribution in [0, 0.1) is 5.82 Å². The van der Waals surface area contributed by atoms with Gasteiger partial charge in [0.25, 0.3) is 0 Å². The summed E-state index contributed by atoms with van der Waals surface area (Å²) in [5.41, 5.74) is 3.75. The van der Waals surface area contributed by atoms with Crippen LogP contribution in [0.1, 0.15) is 11.1 Å². The number of carbonyl (C=O) groups is 1. The first kappa shape index (κ1) is 18.5. The Morgan fingerprint density at radius 3 is 2.31 bits per heavy atom. The number of carbonyl (C=O) groups excluding carboxylic acids is 1. The Morgan fingerprint density at radius 1 is 0.897 bits per heavy atom. The van der Waals surface area contributed by atoms with E-state index in [9.17, 15) is 9.18 Å². The van der Waals surface area contributed by atoms with E-state index >= 15 is 0 Å². The summed E-state index contributed by atoms with van der Waals surface area (Å²) in [6.45, 7) is 0.501. The number of halogens is 1. The first-order chi connectivity index (χ1) is 14.2. The van der Waals surface area contributed by atoms with Gasteiger partial charge in [-0.2, -0.15) is 5.10 Å². The van der Waals surface area contributed by atoms with E-state index in [1.165, 1.54) is 18.5 Å². The second-order valence-corrected chi connectivity index (χ2v) is 6.57. The zero-order chi connectivity index (χ0) is 20.1. The molecule has 1 N–H and O–H groups in total. The molecule has 29 heavy (non-hydrogen) atoms. The molecule has 0 spiro atoms. The van der Waals surface area contributed by atoms with E-state index in [0.29, 0.717) is 12.4 Å². The van der Waals surface area contributed by atoms with Crippen molar-refractivity contribution in [2.24, 2.45) is 0 Å². The summed E-state index contributed by atoms with van der Waals surface area (Å²) in [7, 11) is 0. The second-order valence-electron chi connectivity index (χ2n) is 6.57. The Kier molecular flexibility index (Phi) is 5.38. The second kappa shape index (κ2) is 8.43. The van der Waals surface area contributed by atoms with Gasteiger partial charge in [-0.25, -0.2) is 14.4 Å². The number of nitrogens with zero attached hydrogens (tertiary/aromatic N) is 4. The van der Waals surface area contributed by atoms with Crippen LogP contribution in [0.25, 0.3) is 11.1 Å². The third-order valence-electron chi connectivity index (χ3n) is 4.38. The molecule has 0 saturated carbocycles. The molecule has 0 unspecified atom stereocenters. The number of hydrogen-bond donors (Lipinski definition) is 1. The molecule has 0 aliphatic carbocycles. The molecule has 144 valence electrons. The van der Waals surface area contributed by atoms with Gasteiger partial charge in [-0.05, 0) is 28.8 Å². The number of amides is 1. The van der Waals surface area contributed by atoms with E-state index in [4.69, 9.17) is 0 Å². The zero-order valence-corrected chi connectivity index (χ0v) is 15.5. The third-order valence-corrected chi connectivity index (χ3v) is 4.38. The van der Waals surface area contributed by atoms with Crippen LogP contribution in [-0.2, 0) is 17.8 Å². The van der Waals surface area contributed by atoms with Crippen LogP contribution < -0.4 is 5.32 Å². The number of aromatic nitrogens is 4. The van der Waals surface area contributed by atoms with Crippen LogP contribution in [0.4, 0.5) is 10.2 Å². The molecule has 4 rings (SSSR count). The van der Waals surface area contributed by atoms with Crippen LogP contribution in [-0.4, -0.2) is 25.7 Å². The molecule has 7 heteroatoms. The SMILES string of the molecule is O=C(Cc1ccc(-c2cncnc2)cc1)Nc1ccn(Cc2ccc(F)cc2)n1. The van der Waals surface area contributed by atoms with E-state index in [-0.39, 0.29) is 18.1 Å². The van der Waals surface area contributed by atoms with E-state index < -0.39 is 0 Å². The Bertz CT molecular complexity index is 1090. The van der Waals surface area contributed by atoms with Crippen LogP contribution in [0.2, 0.25) is 0 Å². The molecule has 6 nitrogen and oxygen atoms in total. The van der Waals surface area contributed by atoms with E-state index in [0.717, 1.165) is 22.3 Å². The molecule has 0 aliphatic heterocycles. The summed E-state index contributed by atoms with van der Waals surface area (Å²) in [5, 5.41) is 7.14. The molecule has 0 bridgehead atoms. The summed E-state index contributed by atoms with van der Waals surface area (Å²) in [6.07, 6.45) is 7.00. The van der Waals surface area contributed by atoms with E-state index in [2.05, 4.69) is 20.4 Å². The van der Waals surface area contributed by atoms with Gasteiger partial charge < -0.3 is 5.32 Å². The molecular weight excluding hydrogens is 369 g/mol. The number of nitrogens with one attached hydrogen (secondary N) is 1. The minimum absolute atomic E-state index is 0.146. The van der Waals surface area contributed by atoms with Gasteiger partial charge in [0.2, 0.25) is 5.91 Å². The summed E-state index contributed by atoms with van der Waals surface area (Å²) < 4.78 is 14.7. The summed E-state index contributed by atoms with van der Waals surface area (Å²) in [4.78, 5) is 20.3. The molecular formula is C22H18FN5O. The van der Waals surface area contributed by atoms with Crippen molar-refractivity contribution in [2.75, 3.05) is 5.32 Å². The molecule has 0 atom stereocenters. The van der Waals surface area contributed by atoms with Crippen molar-refractivity contribution in [3.8, 4) is 11.1 Å². The van der Waals surface area contributed by atoms with E-state index in [1.54, 1.807) is 41.5 Å². The molecule has 2 aromatic heterocycles. The lowest BCUT2D eigenvalue weighted by Crippen LogP contribution is -2.15. The highest BCUT2D eigenvalue weighted by Gasteiger charge is 2.08. The van der Waals surface area contributed by atoms with Crippen molar-refractivity contribution in [2.45, 2.75) is 13.0 Å². The Labute approximate surface area is 167 Å². The molecule has 0 saturated heterocycles. The van der Waals surface area contributed by atoms with Crippen LogP contribution in [0.5, 0.6) is 0 Å². The quantitative estimate of drug-likeness (QED) is 0.547. The highest BCUT2D eigenvalue weighted by Crippen LogP contribution is 2.18. The number of rotatable bonds is 6. The fourth-order valence-electron chi connectivity index (χ4n) is 2.93. The van der Waals surface area contributed by atoms with Gasteiger partial charge in [-0.15, -0.1) is 0 Å². The predicted octanol–water partition coefficient (Wildman–Crippen LogP) is 3.71. The first-order valence-electron chi connectivity index (χ1n) is 9.08. The number of anilines is 1. The van der Waals surface area contributed by atoms with Crippen molar-refractivity contribution in [3.63, 3.8) is 0 Å². The van der Waals surface area contributed by atoms with Crippen molar-refractivity contribution in [3.05, 3.63) is 96.5 Å². The zero-order valence-electron chi connectivity index (χ0n) is 15.5. The predicted molar refractivity (Wildman–Crippen MR) is 108 cm³/mol. The van der Waals surface area contributed by atoms with Crippen molar-refractivity contribution < 1.29 is 9.18 Å². The van der Waals surface area contributed by atoms with Gasteiger partial charge in [0.05, 0.1) is 13.0 Å². The van der Waals surface area contributed by atoms with Gasteiger partial charge in [0, 0.05) is 30.2 Å². The van der Waals surface area contributed by atoms with Crippen LogP contribution in [0.15, 0.2) is 79.5 Å². The number of hydrogen-bond acceptors (Lipinski definition) is 4. The van der Waals surface area contributed by atoms with Crippen molar-refractivity contribution >= 4 is 11.7 Å². The van der Waals surface area contributed by atoms with Crippen LogP contribution in [0.3, 0.4) is 0 Å². The van der Waals surface area contributed by atoms with E-state index in [1.807, 2.05) is 24.3 Å². The Hall–Kier alpha value is -3.87. The maximum Gasteiger partial charge on any atom is 0.229 e. The molecule has 1 amide bonds. The summed E-state index contributed by atoms with van der Waals surface area (Å²) in [5.74, 6) is 0.0651. The van der Waals surface area contributed by atoms with Gasteiger partial charge in [-0.3, -0.25) is 9.48 Å². The highest BCUT2D eigenvalue weighted by molar-refractivity contribution is 5.91. The number of benzene rings is 2. The Morgan fingerprint density at radius 2 is 1.59 bits per heavy atom. The average Bonchev–Trinajstić information content (AvgIpc) is 3.17. The van der Waals surface area contributed by atoms with Crippen molar-refractivity contribution in [1.29, 1.82) is 0 Å². The first-order valence-corrected chi connectivity index (χ1v) is 9.08. The summed E-state index contributed by atoms with van der Waals surface area (Å²) in [6, 6.07) is 15.7. The normalized spacial score (nSPS) is 10.7. The molecule has 0 radical (unpaired) electrons. The maximum absolute atomic E-state index is 13.0. The smallest absolute Gasteiger partial charge is 0.229 e.